The molecule has 0 N–H and O–H groups in total. The lowest BCUT2D eigenvalue weighted by atomic mass is 10.1. The van der Waals surface area contributed by atoms with Crippen molar-refractivity contribution in [2.75, 3.05) is 13.1 Å². The van der Waals surface area contributed by atoms with Gasteiger partial charge in [-0.2, -0.15) is 5.10 Å². The Balaban J connectivity index is 3.74. The summed E-state index contributed by atoms with van der Waals surface area (Å²) in [5.74, 6) is 1.38. The average molecular weight is 170 g/mol. The van der Waals surface area contributed by atoms with Crippen molar-refractivity contribution in [3.8, 4) is 0 Å². The Morgan fingerprint density at radius 2 is 1.83 bits per heavy atom. The predicted octanol–water partition coefficient (Wildman–Crippen LogP) is 2.61. The SMILES string of the molecule is C=NN(CC(C)C)CC(C)CC. The third-order valence-electron chi connectivity index (χ3n) is 2.00. The molecule has 0 spiro atoms. The molecule has 0 radical (unpaired) electrons. The lowest BCUT2D eigenvalue weighted by Gasteiger charge is -2.23. The summed E-state index contributed by atoms with van der Waals surface area (Å²) in [7, 11) is 0. The molecule has 0 aromatic carbocycles. The number of hydrogen-bond acceptors (Lipinski definition) is 2. The molecule has 0 amide bonds. The minimum absolute atomic E-state index is 0.666. The molecular weight excluding hydrogens is 148 g/mol. The van der Waals surface area contributed by atoms with Gasteiger partial charge in [0.15, 0.2) is 0 Å². The van der Waals surface area contributed by atoms with Crippen LogP contribution in [0.4, 0.5) is 0 Å². The fourth-order valence-electron chi connectivity index (χ4n) is 1.10. The largest absolute Gasteiger partial charge is 0.297 e. The van der Waals surface area contributed by atoms with Gasteiger partial charge in [0.25, 0.3) is 0 Å². The van der Waals surface area contributed by atoms with Crippen molar-refractivity contribution in [1.82, 2.24) is 5.01 Å². The lowest BCUT2D eigenvalue weighted by molar-refractivity contribution is 0.222. The Morgan fingerprint density at radius 1 is 1.25 bits per heavy atom. The fraction of sp³-hybridized carbons (Fsp3) is 0.900. The molecule has 72 valence electrons. The molecule has 0 heterocycles. The van der Waals surface area contributed by atoms with Gasteiger partial charge >= 0.3 is 0 Å². The Kier molecular flexibility index (Phi) is 5.77. The van der Waals surface area contributed by atoms with Gasteiger partial charge in [0.2, 0.25) is 0 Å². The van der Waals surface area contributed by atoms with Gasteiger partial charge in [-0.15, -0.1) is 0 Å². The van der Waals surface area contributed by atoms with Crippen molar-refractivity contribution >= 4 is 6.72 Å². The molecule has 0 saturated heterocycles. The average Bonchev–Trinajstić information content (AvgIpc) is 2.02. The summed E-state index contributed by atoms with van der Waals surface area (Å²) in [6.45, 7) is 14.5. The van der Waals surface area contributed by atoms with Gasteiger partial charge in [-0.1, -0.05) is 34.1 Å². The van der Waals surface area contributed by atoms with E-state index in [1.165, 1.54) is 6.42 Å². The molecule has 0 aliphatic carbocycles. The second-order valence-electron chi connectivity index (χ2n) is 3.92. The third-order valence-corrected chi connectivity index (χ3v) is 2.00. The van der Waals surface area contributed by atoms with Crippen LogP contribution in [0.1, 0.15) is 34.1 Å². The van der Waals surface area contributed by atoms with Crippen molar-refractivity contribution in [3.63, 3.8) is 0 Å². The van der Waals surface area contributed by atoms with Gasteiger partial charge in [-0.3, -0.25) is 5.01 Å². The van der Waals surface area contributed by atoms with E-state index in [1.807, 2.05) is 0 Å². The van der Waals surface area contributed by atoms with E-state index in [4.69, 9.17) is 0 Å². The minimum atomic E-state index is 0.666. The van der Waals surface area contributed by atoms with Gasteiger partial charge in [0.05, 0.1) is 0 Å². The van der Waals surface area contributed by atoms with Crippen molar-refractivity contribution < 1.29 is 0 Å². The van der Waals surface area contributed by atoms with Crippen LogP contribution in [0.5, 0.6) is 0 Å². The zero-order chi connectivity index (χ0) is 9.56. The molecular formula is C10H22N2. The van der Waals surface area contributed by atoms with Crippen LogP contribution in [0.25, 0.3) is 0 Å². The van der Waals surface area contributed by atoms with Gasteiger partial charge in [-0.05, 0) is 11.8 Å². The van der Waals surface area contributed by atoms with Gasteiger partial charge in [0, 0.05) is 19.8 Å². The molecule has 0 bridgehead atoms. The summed E-state index contributed by atoms with van der Waals surface area (Å²) in [6.07, 6.45) is 1.21. The number of hydrogen-bond donors (Lipinski definition) is 0. The third kappa shape index (κ3) is 5.16. The van der Waals surface area contributed by atoms with Crippen LogP contribution < -0.4 is 0 Å². The molecule has 1 atom stereocenters. The Bertz CT molecular complexity index is 121. The van der Waals surface area contributed by atoms with Crippen LogP contribution in [-0.2, 0) is 0 Å². The fourth-order valence-corrected chi connectivity index (χ4v) is 1.10. The summed E-state index contributed by atoms with van der Waals surface area (Å²) in [4.78, 5) is 0. The number of hydrazone groups is 1. The van der Waals surface area contributed by atoms with Crippen LogP contribution in [0.3, 0.4) is 0 Å². The maximum atomic E-state index is 4.00. The van der Waals surface area contributed by atoms with E-state index in [-0.39, 0.29) is 0 Å². The molecule has 2 nitrogen and oxygen atoms in total. The summed E-state index contributed by atoms with van der Waals surface area (Å²) in [5.41, 5.74) is 0. The van der Waals surface area contributed by atoms with Crippen LogP contribution in [0.2, 0.25) is 0 Å². The maximum absolute atomic E-state index is 4.00. The van der Waals surface area contributed by atoms with E-state index in [2.05, 4.69) is 44.5 Å². The molecule has 0 aliphatic rings. The molecule has 0 aromatic rings. The van der Waals surface area contributed by atoms with Crippen LogP contribution >= 0.6 is 0 Å². The maximum Gasteiger partial charge on any atom is 0.0385 e. The number of rotatable bonds is 6. The first kappa shape index (κ1) is 11.5. The topological polar surface area (TPSA) is 15.6 Å². The highest BCUT2D eigenvalue weighted by Crippen LogP contribution is 2.06. The highest BCUT2D eigenvalue weighted by atomic mass is 15.4. The van der Waals surface area contributed by atoms with Crippen molar-refractivity contribution in [3.05, 3.63) is 0 Å². The summed E-state index contributed by atoms with van der Waals surface area (Å²) in [6, 6.07) is 0. The summed E-state index contributed by atoms with van der Waals surface area (Å²) < 4.78 is 0. The Morgan fingerprint density at radius 3 is 2.17 bits per heavy atom. The van der Waals surface area contributed by atoms with Crippen molar-refractivity contribution in [2.45, 2.75) is 34.1 Å². The van der Waals surface area contributed by atoms with E-state index in [1.54, 1.807) is 0 Å². The zero-order valence-electron chi connectivity index (χ0n) is 8.88. The van der Waals surface area contributed by atoms with Gasteiger partial charge in [-0.25, -0.2) is 0 Å². The normalized spacial score (nSPS) is 13.1. The minimum Gasteiger partial charge on any atom is -0.297 e. The Labute approximate surface area is 76.6 Å². The molecule has 2 heteroatoms. The first-order valence-electron chi connectivity index (χ1n) is 4.81. The van der Waals surface area contributed by atoms with E-state index in [0.29, 0.717) is 11.8 Å². The monoisotopic (exact) mass is 170 g/mol. The van der Waals surface area contributed by atoms with Crippen LogP contribution in [0, 0.1) is 11.8 Å². The summed E-state index contributed by atoms with van der Waals surface area (Å²) >= 11 is 0. The van der Waals surface area contributed by atoms with Crippen LogP contribution in [0.15, 0.2) is 5.10 Å². The summed E-state index contributed by atoms with van der Waals surface area (Å²) in [5, 5.41) is 6.07. The standard InChI is InChI=1S/C10H22N2/c1-6-10(4)8-12(11-5)7-9(2)3/h9-10H,5-8H2,1-4H3. The van der Waals surface area contributed by atoms with Crippen LogP contribution in [-0.4, -0.2) is 24.8 Å². The molecule has 12 heavy (non-hydrogen) atoms. The smallest absolute Gasteiger partial charge is 0.0385 e. The molecule has 0 aromatic heterocycles. The second kappa shape index (κ2) is 6.04. The number of nitrogens with zero attached hydrogens (tertiary/aromatic N) is 2. The van der Waals surface area contributed by atoms with E-state index >= 15 is 0 Å². The first-order valence-corrected chi connectivity index (χ1v) is 4.81. The predicted molar refractivity (Wildman–Crippen MR) is 55.4 cm³/mol. The van der Waals surface area contributed by atoms with Gasteiger partial charge in [0.1, 0.15) is 0 Å². The van der Waals surface area contributed by atoms with E-state index in [0.717, 1.165) is 13.1 Å². The molecule has 0 saturated carbocycles. The highest BCUT2D eigenvalue weighted by molar-refractivity contribution is 5.22. The molecule has 1 unspecified atom stereocenters. The van der Waals surface area contributed by atoms with Crippen molar-refractivity contribution in [1.29, 1.82) is 0 Å². The highest BCUT2D eigenvalue weighted by Gasteiger charge is 2.06. The van der Waals surface area contributed by atoms with Gasteiger partial charge < -0.3 is 0 Å². The molecule has 0 fully saturated rings. The first-order chi connectivity index (χ1) is 5.60. The Hall–Kier alpha value is -0.530. The lowest BCUT2D eigenvalue weighted by Crippen LogP contribution is -2.26. The second-order valence-corrected chi connectivity index (χ2v) is 3.92. The van der Waals surface area contributed by atoms with Crippen molar-refractivity contribution in [2.24, 2.45) is 16.9 Å². The molecule has 0 rings (SSSR count). The quantitative estimate of drug-likeness (QED) is 0.442. The van der Waals surface area contributed by atoms with E-state index in [9.17, 15) is 0 Å². The van der Waals surface area contributed by atoms with E-state index < -0.39 is 0 Å². The zero-order valence-corrected chi connectivity index (χ0v) is 8.88. The molecule has 0 aliphatic heterocycles.